The van der Waals surface area contributed by atoms with E-state index in [9.17, 15) is 4.79 Å². The fourth-order valence-corrected chi connectivity index (χ4v) is 1.94. The zero-order valence-electron chi connectivity index (χ0n) is 12.1. The molecular weight excluding hydrogens is 288 g/mol. The number of aryl methyl sites for hydroxylation is 1. The lowest BCUT2D eigenvalue weighted by atomic mass is 10.2. The molecule has 0 fully saturated rings. The molecular formula is C17H17ClO3. The van der Waals surface area contributed by atoms with Crippen molar-refractivity contribution in [1.82, 2.24) is 0 Å². The van der Waals surface area contributed by atoms with Crippen molar-refractivity contribution >= 4 is 17.6 Å². The molecule has 0 aromatic heterocycles. The summed E-state index contributed by atoms with van der Waals surface area (Å²) in [5, 5.41) is 0.566. The molecule has 4 heteroatoms. The quantitative estimate of drug-likeness (QED) is 0.595. The maximum atomic E-state index is 12.2. The van der Waals surface area contributed by atoms with Gasteiger partial charge in [-0.2, -0.15) is 0 Å². The molecule has 0 saturated heterocycles. The van der Waals surface area contributed by atoms with E-state index >= 15 is 0 Å². The molecule has 0 N–H and O–H groups in total. The van der Waals surface area contributed by atoms with Gasteiger partial charge in [0.25, 0.3) is 0 Å². The molecule has 2 rings (SSSR count). The smallest absolute Gasteiger partial charge is 0.347 e. The molecule has 0 aliphatic carbocycles. The number of halogens is 1. The molecule has 0 atom stereocenters. The number of esters is 1. The topological polar surface area (TPSA) is 35.5 Å². The van der Waals surface area contributed by atoms with Crippen molar-refractivity contribution in [3.8, 4) is 11.5 Å². The average molecular weight is 305 g/mol. The number of carbonyl (C=O) groups is 1. The van der Waals surface area contributed by atoms with Crippen LogP contribution in [0, 0.1) is 6.92 Å². The average Bonchev–Trinajstić information content (AvgIpc) is 2.49. The first kappa shape index (κ1) is 15.4. The number of hydrogen-bond donors (Lipinski definition) is 0. The summed E-state index contributed by atoms with van der Waals surface area (Å²) in [6, 6.07) is 12.2. The normalized spacial score (nSPS) is 10.2. The van der Waals surface area contributed by atoms with Crippen LogP contribution in [-0.4, -0.2) is 12.6 Å². The summed E-state index contributed by atoms with van der Waals surface area (Å²) in [7, 11) is 0. The molecule has 0 radical (unpaired) electrons. The van der Waals surface area contributed by atoms with Crippen LogP contribution in [0.2, 0.25) is 5.02 Å². The number of rotatable bonds is 5. The van der Waals surface area contributed by atoms with Crippen molar-refractivity contribution < 1.29 is 14.3 Å². The van der Waals surface area contributed by atoms with E-state index < -0.39 is 5.97 Å². The molecule has 0 bridgehead atoms. The van der Waals surface area contributed by atoms with Crippen LogP contribution in [0.4, 0.5) is 0 Å². The van der Waals surface area contributed by atoms with Crippen LogP contribution >= 0.6 is 11.6 Å². The lowest BCUT2D eigenvalue weighted by Gasteiger charge is -2.10. The molecule has 110 valence electrons. The Balaban J connectivity index is 2.18. The molecule has 21 heavy (non-hydrogen) atoms. The zero-order valence-corrected chi connectivity index (χ0v) is 12.8. The summed E-state index contributed by atoms with van der Waals surface area (Å²) in [5.41, 5.74) is 1.34. The molecule has 0 amide bonds. The lowest BCUT2D eigenvalue weighted by molar-refractivity contribution is 0.0730. The van der Waals surface area contributed by atoms with E-state index in [2.05, 4.69) is 0 Å². The first-order valence-electron chi connectivity index (χ1n) is 6.82. The molecule has 2 aromatic carbocycles. The van der Waals surface area contributed by atoms with Gasteiger partial charge in [-0.15, -0.1) is 0 Å². The largest absolute Gasteiger partial charge is 0.493 e. The standard InChI is InChI=1S/C17H17ClO3/c1-3-10-20-16-7-5-4-6-14(16)17(19)21-13-9-8-12(2)15(18)11-13/h4-9,11H,3,10H2,1-2H3. The third kappa shape index (κ3) is 3.99. The maximum absolute atomic E-state index is 12.2. The third-order valence-corrected chi connectivity index (χ3v) is 3.33. The second-order valence-electron chi connectivity index (χ2n) is 4.65. The molecule has 3 nitrogen and oxygen atoms in total. The number of ether oxygens (including phenoxy) is 2. The summed E-state index contributed by atoms with van der Waals surface area (Å²) in [6.45, 7) is 4.46. The van der Waals surface area contributed by atoms with E-state index in [-0.39, 0.29) is 0 Å². The molecule has 0 saturated carbocycles. The Kier molecular flexibility index (Phi) is 5.23. The van der Waals surface area contributed by atoms with E-state index in [1.54, 1.807) is 30.3 Å². The van der Waals surface area contributed by atoms with Gasteiger partial charge in [-0.3, -0.25) is 0 Å². The maximum Gasteiger partial charge on any atom is 0.347 e. The number of benzene rings is 2. The summed E-state index contributed by atoms with van der Waals surface area (Å²) < 4.78 is 10.9. The van der Waals surface area contributed by atoms with Crippen molar-refractivity contribution in [2.45, 2.75) is 20.3 Å². The Hall–Kier alpha value is -2.00. The van der Waals surface area contributed by atoms with Gasteiger partial charge in [0.2, 0.25) is 0 Å². The Labute approximate surface area is 129 Å². The number of carbonyl (C=O) groups excluding carboxylic acids is 1. The highest BCUT2D eigenvalue weighted by atomic mass is 35.5. The Bertz CT molecular complexity index is 638. The van der Waals surface area contributed by atoms with Crippen LogP contribution in [0.3, 0.4) is 0 Å². The Morgan fingerprint density at radius 3 is 2.67 bits per heavy atom. The summed E-state index contributed by atoms with van der Waals surface area (Å²) in [6.07, 6.45) is 0.872. The van der Waals surface area contributed by atoms with Gasteiger partial charge in [0, 0.05) is 5.02 Å². The molecule has 0 heterocycles. The van der Waals surface area contributed by atoms with Crippen molar-refractivity contribution in [2.75, 3.05) is 6.61 Å². The SMILES string of the molecule is CCCOc1ccccc1C(=O)Oc1ccc(C)c(Cl)c1. The zero-order chi connectivity index (χ0) is 15.2. The first-order chi connectivity index (χ1) is 10.1. The molecule has 0 unspecified atom stereocenters. The van der Waals surface area contributed by atoms with Gasteiger partial charge >= 0.3 is 5.97 Å². The fourth-order valence-electron chi connectivity index (χ4n) is 1.77. The number of hydrogen-bond acceptors (Lipinski definition) is 3. The third-order valence-electron chi connectivity index (χ3n) is 2.92. The number of para-hydroxylation sites is 1. The van der Waals surface area contributed by atoms with Crippen molar-refractivity contribution in [2.24, 2.45) is 0 Å². The van der Waals surface area contributed by atoms with Crippen molar-refractivity contribution in [1.29, 1.82) is 0 Å². The highest BCUT2D eigenvalue weighted by Crippen LogP contribution is 2.24. The summed E-state index contributed by atoms with van der Waals surface area (Å²) in [4.78, 5) is 12.2. The van der Waals surface area contributed by atoms with E-state index in [0.29, 0.717) is 28.7 Å². The second kappa shape index (κ2) is 7.14. The van der Waals surface area contributed by atoms with E-state index in [1.807, 2.05) is 26.0 Å². The van der Waals surface area contributed by atoms with Crippen molar-refractivity contribution in [3.63, 3.8) is 0 Å². The van der Waals surface area contributed by atoms with Crippen LogP contribution in [-0.2, 0) is 0 Å². The predicted molar refractivity (Wildman–Crippen MR) is 83.4 cm³/mol. The second-order valence-corrected chi connectivity index (χ2v) is 5.05. The minimum atomic E-state index is -0.457. The molecule has 0 aliphatic rings. The van der Waals surface area contributed by atoms with Crippen LogP contribution in [0.5, 0.6) is 11.5 Å². The minimum absolute atomic E-state index is 0.405. The van der Waals surface area contributed by atoms with Gasteiger partial charge in [0.05, 0.1) is 6.61 Å². The highest BCUT2D eigenvalue weighted by molar-refractivity contribution is 6.31. The fraction of sp³-hybridized carbons (Fsp3) is 0.235. The molecule has 0 spiro atoms. The monoisotopic (exact) mass is 304 g/mol. The first-order valence-corrected chi connectivity index (χ1v) is 7.19. The van der Waals surface area contributed by atoms with Crippen molar-refractivity contribution in [3.05, 3.63) is 58.6 Å². The van der Waals surface area contributed by atoms with Gasteiger partial charge in [0.15, 0.2) is 0 Å². The summed E-state index contributed by atoms with van der Waals surface area (Å²) in [5.74, 6) is 0.491. The predicted octanol–water partition coefficient (Wildman–Crippen LogP) is 4.66. The van der Waals surface area contributed by atoms with Gasteiger partial charge in [-0.05, 0) is 43.2 Å². The van der Waals surface area contributed by atoms with Crippen LogP contribution in [0.1, 0.15) is 29.3 Å². The minimum Gasteiger partial charge on any atom is -0.493 e. The van der Waals surface area contributed by atoms with Crippen LogP contribution < -0.4 is 9.47 Å². The lowest BCUT2D eigenvalue weighted by Crippen LogP contribution is -2.11. The van der Waals surface area contributed by atoms with Gasteiger partial charge < -0.3 is 9.47 Å². The van der Waals surface area contributed by atoms with Gasteiger partial charge in [-0.1, -0.05) is 36.7 Å². The molecule has 2 aromatic rings. The van der Waals surface area contributed by atoms with Crippen LogP contribution in [0.15, 0.2) is 42.5 Å². The van der Waals surface area contributed by atoms with Gasteiger partial charge in [0.1, 0.15) is 17.1 Å². The van der Waals surface area contributed by atoms with Crippen LogP contribution in [0.25, 0.3) is 0 Å². The highest BCUT2D eigenvalue weighted by Gasteiger charge is 2.14. The van der Waals surface area contributed by atoms with Gasteiger partial charge in [-0.25, -0.2) is 4.79 Å². The van der Waals surface area contributed by atoms with E-state index in [0.717, 1.165) is 12.0 Å². The van der Waals surface area contributed by atoms with E-state index in [4.69, 9.17) is 21.1 Å². The van der Waals surface area contributed by atoms with E-state index in [1.165, 1.54) is 0 Å². The molecule has 0 aliphatic heterocycles. The Morgan fingerprint density at radius 1 is 1.19 bits per heavy atom. The Morgan fingerprint density at radius 2 is 1.95 bits per heavy atom. The summed E-state index contributed by atoms with van der Waals surface area (Å²) >= 11 is 6.03.